The molecule has 0 aliphatic rings. The summed E-state index contributed by atoms with van der Waals surface area (Å²) in [5.41, 5.74) is 1.18. The van der Waals surface area contributed by atoms with Crippen LogP contribution >= 0.6 is 22.6 Å². The highest BCUT2D eigenvalue weighted by Gasteiger charge is 2.28. The molecule has 0 unspecified atom stereocenters. The molecule has 0 radical (unpaired) electrons. The van der Waals surface area contributed by atoms with Gasteiger partial charge in [0.25, 0.3) is 0 Å². The topological polar surface area (TPSA) is 0 Å². The second-order valence-electron chi connectivity index (χ2n) is 3.06. The van der Waals surface area contributed by atoms with Gasteiger partial charge in [0, 0.05) is 3.57 Å². The Kier molecular flexibility index (Phi) is 3.80. The van der Waals surface area contributed by atoms with Gasteiger partial charge in [0.15, 0.2) is 0 Å². The maximum atomic E-state index is 12.2. The zero-order valence-corrected chi connectivity index (χ0v) is 9.82. The Labute approximate surface area is 94.6 Å². The molecule has 1 aromatic carbocycles. The first-order valence-electron chi connectivity index (χ1n) is 4.26. The second kappa shape index (κ2) is 4.51. The van der Waals surface area contributed by atoms with Crippen LogP contribution in [0.25, 0.3) is 0 Å². The molecule has 0 nitrogen and oxygen atoms in total. The van der Waals surface area contributed by atoms with Gasteiger partial charge >= 0.3 is 6.18 Å². The first-order chi connectivity index (χ1) is 6.42. The van der Waals surface area contributed by atoms with Crippen LogP contribution in [-0.4, -0.2) is 6.18 Å². The molecule has 0 bridgehead atoms. The molecule has 0 N–H and O–H groups in total. The molecule has 0 amide bonds. The van der Waals surface area contributed by atoms with E-state index in [9.17, 15) is 13.2 Å². The quantitative estimate of drug-likeness (QED) is 0.725. The summed E-state index contributed by atoms with van der Waals surface area (Å²) in [6, 6.07) is 5.08. The minimum atomic E-state index is -4.11. The molecule has 4 heteroatoms. The van der Waals surface area contributed by atoms with Gasteiger partial charge in [-0.2, -0.15) is 13.2 Å². The summed E-state index contributed by atoms with van der Waals surface area (Å²) in [5.74, 6) is 0. The van der Waals surface area contributed by atoms with Crippen molar-refractivity contribution in [2.24, 2.45) is 0 Å². The van der Waals surface area contributed by atoms with Gasteiger partial charge in [0.2, 0.25) is 0 Å². The van der Waals surface area contributed by atoms with Gasteiger partial charge in [0.05, 0.1) is 6.42 Å². The second-order valence-corrected chi connectivity index (χ2v) is 4.30. The van der Waals surface area contributed by atoms with E-state index in [1.165, 1.54) is 0 Å². The van der Waals surface area contributed by atoms with Crippen molar-refractivity contribution in [1.82, 2.24) is 0 Å². The van der Waals surface area contributed by atoms with Crippen molar-refractivity contribution in [2.45, 2.75) is 25.9 Å². The lowest BCUT2D eigenvalue weighted by Crippen LogP contribution is -2.13. The monoisotopic (exact) mass is 314 g/mol. The highest BCUT2D eigenvalue weighted by Crippen LogP contribution is 2.24. The Morgan fingerprint density at radius 3 is 2.36 bits per heavy atom. The third-order valence-electron chi connectivity index (χ3n) is 1.94. The largest absolute Gasteiger partial charge is 0.393 e. The molecular formula is C10H10F3I. The van der Waals surface area contributed by atoms with E-state index < -0.39 is 12.6 Å². The summed E-state index contributed by atoms with van der Waals surface area (Å²) in [4.78, 5) is 0. The predicted molar refractivity (Wildman–Crippen MR) is 58.3 cm³/mol. The number of hydrogen-bond acceptors (Lipinski definition) is 0. The van der Waals surface area contributed by atoms with Crippen molar-refractivity contribution >= 4 is 22.6 Å². The van der Waals surface area contributed by atoms with Gasteiger partial charge in [-0.15, -0.1) is 0 Å². The van der Waals surface area contributed by atoms with E-state index in [2.05, 4.69) is 22.6 Å². The lowest BCUT2D eigenvalue weighted by molar-refractivity contribution is -0.127. The maximum absolute atomic E-state index is 12.2. The molecule has 78 valence electrons. The Morgan fingerprint density at radius 1 is 1.21 bits per heavy atom. The standard InChI is InChI=1S/C10H10F3I/c1-2-7-5-9(14)4-3-8(7)6-10(11,12)13/h3-5H,2,6H2,1H3. The van der Waals surface area contributed by atoms with Gasteiger partial charge in [-0.05, 0) is 52.3 Å². The average Bonchev–Trinajstić information content (AvgIpc) is 2.06. The molecule has 0 saturated heterocycles. The van der Waals surface area contributed by atoms with Crippen LogP contribution in [0.3, 0.4) is 0 Å². The Hall–Kier alpha value is -0.260. The first kappa shape index (κ1) is 11.8. The highest BCUT2D eigenvalue weighted by molar-refractivity contribution is 14.1. The van der Waals surface area contributed by atoms with Crippen LogP contribution in [0.15, 0.2) is 18.2 Å². The zero-order valence-electron chi connectivity index (χ0n) is 7.66. The summed E-state index contributed by atoms with van der Waals surface area (Å²) in [5, 5.41) is 0. The van der Waals surface area contributed by atoms with Crippen molar-refractivity contribution in [1.29, 1.82) is 0 Å². The van der Waals surface area contributed by atoms with E-state index >= 15 is 0 Å². The number of hydrogen-bond donors (Lipinski definition) is 0. The van der Waals surface area contributed by atoms with Gasteiger partial charge < -0.3 is 0 Å². The van der Waals surface area contributed by atoms with Crippen LogP contribution in [0, 0.1) is 3.57 Å². The molecule has 1 rings (SSSR count). The Balaban J connectivity index is 2.97. The Bertz CT molecular complexity index is 318. The SMILES string of the molecule is CCc1cc(I)ccc1CC(F)(F)F. The molecule has 0 spiro atoms. The van der Waals surface area contributed by atoms with Crippen molar-refractivity contribution in [2.75, 3.05) is 0 Å². The summed E-state index contributed by atoms with van der Waals surface area (Å²) in [7, 11) is 0. The third-order valence-corrected chi connectivity index (χ3v) is 2.61. The highest BCUT2D eigenvalue weighted by atomic mass is 127. The zero-order chi connectivity index (χ0) is 10.8. The molecule has 0 heterocycles. The summed E-state index contributed by atoms with van der Waals surface area (Å²) >= 11 is 2.10. The van der Waals surface area contributed by atoms with Crippen LogP contribution in [0.2, 0.25) is 0 Å². The fourth-order valence-electron chi connectivity index (χ4n) is 1.31. The fourth-order valence-corrected chi connectivity index (χ4v) is 1.87. The molecule has 0 saturated carbocycles. The molecule has 14 heavy (non-hydrogen) atoms. The molecule has 1 aromatic rings. The van der Waals surface area contributed by atoms with Crippen molar-refractivity contribution in [3.8, 4) is 0 Å². The minimum Gasteiger partial charge on any atom is -0.171 e. The van der Waals surface area contributed by atoms with E-state index in [0.717, 1.165) is 9.13 Å². The van der Waals surface area contributed by atoms with E-state index in [0.29, 0.717) is 12.0 Å². The molecular weight excluding hydrogens is 304 g/mol. The van der Waals surface area contributed by atoms with E-state index in [1.807, 2.05) is 13.0 Å². The third kappa shape index (κ3) is 3.48. The van der Waals surface area contributed by atoms with Crippen molar-refractivity contribution in [3.05, 3.63) is 32.9 Å². The van der Waals surface area contributed by atoms with E-state index in [4.69, 9.17) is 0 Å². The van der Waals surface area contributed by atoms with E-state index in [-0.39, 0.29) is 0 Å². The summed E-state index contributed by atoms with van der Waals surface area (Å²) < 4.78 is 37.4. The number of aryl methyl sites for hydroxylation is 1. The lowest BCUT2D eigenvalue weighted by Gasteiger charge is -2.10. The van der Waals surface area contributed by atoms with Crippen molar-refractivity contribution in [3.63, 3.8) is 0 Å². The van der Waals surface area contributed by atoms with E-state index in [1.54, 1.807) is 12.1 Å². The predicted octanol–water partition coefficient (Wildman–Crippen LogP) is 3.96. The lowest BCUT2D eigenvalue weighted by atomic mass is 10.0. The molecule has 0 atom stereocenters. The smallest absolute Gasteiger partial charge is 0.171 e. The minimum absolute atomic E-state index is 0.389. The Morgan fingerprint density at radius 2 is 1.86 bits per heavy atom. The van der Waals surface area contributed by atoms with Gasteiger partial charge in [-0.1, -0.05) is 13.0 Å². The van der Waals surface area contributed by atoms with Gasteiger partial charge in [0.1, 0.15) is 0 Å². The first-order valence-corrected chi connectivity index (χ1v) is 5.34. The van der Waals surface area contributed by atoms with Crippen LogP contribution in [-0.2, 0) is 12.8 Å². The number of halogens is 4. The van der Waals surface area contributed by atoms with Gasteiger partial charge in [-0.25, -0.2) is 0 Å². The van der Waals surface area contributed by atoms with Crippen LogP contribution < -0.4 is 0 Å². The normalized spacial score (nSPS) is 11.8. The fraction of sp³-hybridized carbons (Fsp3) is 0.400. The van der Waals surface area contributed by atoms with Crippen LogP contribution in [0.1, 0.15) is 18.1 Å². The molecule has 0 fully saturated rings. The van der Waals surface area contributed by atoms with Crippen LogP contribution in [0.5, 0.6) is 0 Å². The van der Waals surface area contributed by atoms with Gasteiger partial charge in [-0.3, -0.25) is 0 Å². The number of rotatable bonds is 2. The van der Waals surface area contributed by atoms with Crippen molar-refractivity contribution < 1.29 is 13.2 Å². The number of benzene rings is 1. The molecule has 0 aromatic heterocycles. The average molecular weight is 314 g/mol. The summed E-state index contributed by atoms with van der Waals surface area (Å²) in [6.45, 7) is 1.87. The summed E-state index contributed by atoms with van der Waals surface area (Å²) in [6.07, 6.45) is -4.30. The van der Waals surface area contributed by atoms with Crippen LogP contribution in [0.4, 0.5) is 13.2 Å². The number of alkyl halides is 3. The molecule has 0 aliphatic carbocycles. The molecule has 0 aliphatic heterocycles. The maximum Gasteiger partial charge on any atom is 0.393 e.